The van der Waals surface area contributed by atoms with Crippen molar-refractivity contribution < 1.29 is 13.2 Å². The van der Waals surface area contributed by atoms with Gasteiger partial charge in [-0.05, 0) is 43.5 Å². The number of rotatable bonds is 3. The third-order valence-corrected chi connectivity index (χ3v) is 5.68. The molecule has 0 spiro atoms. The van der Waals surface area contributed by atoms with Crippen LogP contribution in [0.5, 0.6) is 0 Å². The first kappa shape index (κ1) is 14.0. The standard InChI is InChI=1S/C14H20N2O3S/c1-8-5-9(2)7-10(6-8)20(17,18)16-13-12(15)11-3-4-19-14(11)13/h5-7,11-14,16H,3-4,15H2,1-2H3. The molecule has 5 nitrogen and oxygen atoms in total. The molecule has 4 atom stereocenters. The summed E-state index contributed by atoms with van der Waals surface area (Å²) < 4.78 is 33.2. The topological polar surface area (TPSA) is 81.4 Å². The van der Waals surface area contributed by atoms with E-state index in [9.17, 15) is 8.42 Å². The predicted octanol–water partition coefficient (Wildman–Crippen LogP) is 0.696. The minimum absolute atomic E-state index is 0.0642. The predicted molar refractivity (Wildman–Crippen MR) is 75.8 cm³/mol. The summed E-state index contributed by atoms with van der Waals surface area (Å²) in [6, 6.07) is 4.83. The van der Waals surface area contributed by atoms with Crippen molar-refractivity contribution >= 4 is 10.0 Å². The van der Waals surface area contributed by atoms with Gasteiger partial charge in [0.05, 0.1) is 17.0 Å². The SMILES string of the molecule is Cc1cc(C)cc(S(=O)(=O)NC2C(N)C3CCOC32)c1. The second-order valence-electron chi connectivity index (χ2n) is 5.84. The number of hydrogen-bond donors (Lipinski definition) is 2. The number of aryl methyl sites for hydroxylation is 2. The molecule has 20 heavy (non-hydrogen) atoms. The Kier molecular flexibility index (Phi) is 3.36. The normalized spacial score (nSPS) is 32.8. The number of hydrogen-bond acceptors (Lipinski definition) is 4. The van der Waals surface area contributed by atoms with E-state index in [-0.39, 0.29) is 18.2 Å². The zero-order chi connectivity index (χ0) is 14.5. The van der Waals surface area contributed by atoms with Gasteiger partial charge in [0.1, 0.15) is 0 Å². The largest absolute Gasteiger partial charge is 0.376 e. The highest BCUT2D eigenvalue weighted by Gasteiger charge is 2.53. The molecule has 1 aromatic carbocycles. The summed E-state index contributed by atoms with van der Waals surface area (Å²) in [5, 5.41) is 0. The first-order chi connectivity index (χ1) is 9.38. The quantitative estimate of drug-likeness (QED) is 0.860. The Morgan fingerprint density at radius 3 is 2.55 bits per heavy atom. The minimum atomic E-state index is -3.55. The van der Waals surface area contributed by atoms with Crippen LogP contribution in [-0.4, -0.2) is 33.2 Å². The molecule has 0 bridgehead atoms. The van der Waals surface area contributed by atoms with Crippen LogP contribution in [0.25, 0.3) is 0 Å². The molecule has 3 N–H and O–H groups in total. The minimum Gasteiger partial charge on any atom is -0.376 e. The van der Waals surface area contributed by atoms with Crippen molar-refractivity contribution in [2.24, 2.45) is 11.7 Å². The Balaban J connectivity index is 1.82. The van der Waals surface area contributed by atoms with E-state index >= 15 is 0 Å². The van der Waals surface area contributed by atoms with Gasteiger partial charge in [-0.3, -0.25) is 0 Å². The van der Waals surface area contributed by atoms with Crippen LogP contribution in [0.3, 0.4) is 0 Å². The lowest BCUT2D eigenvalue weighted by atomic mass is 9.73. The molecule has 3 rings (SSSR count). The van der Waals surface area contributed by atoms with Crippen LogP contribution < -0.4 is 10.5 Å². The van der Waals surface area contributed by atoms with Crippen LogP contribution in [-0.2, 0) is 14.8 Å². The van der Waals surface area contributed by atoms with Gasteiger partial charge in [0.2, 0.25) is 10.0 Å². The average molecular weight is 296 g/mol. The van der Waals surface area contributed by atoms with Crippen molar-refractivity contribution in [1.29, 1.82) is 0 Å². The lowest BCUT2D eigenvalue weighted by Crippen LogP contribution is -2.68. The zero-order valence-corrected chi connectivity index (χ0v) is 12.5. The van der Waals surface area contributed by atoms with Crippen molar-refractivity contribution in [1.82, 2.24) is 4.72 Å². The first-order valence-corrected chi connectivity index (χ1v) is 8.34. The Bertz CT molecular complexity index is 609. The molecule has 1 aromatic rings. The number of benzene rings is 1. The molecule has 1 aliphatic carbocycles. The Morgan fingerprint density at radius 1 is 1.25 bits per heavy atom. The molecule has 0 radical (unpaired) electrons. The Morgan fingerprint density at radius 2 is 1.90 bits per heavy atom. The summed E-state index contributed by atoms with van der Waals surface area (Å²) in [7, 11) is -3.55. The van der Waals surface area contributed by atoms with Crippen LogP contribution in [0.1, 0.15) is 17.5 Å². The zero-order valence-electron chi connectivity index (χ0n) is 11.7. The number of ether oxygens (including phenoxy) is 1. The van der Waals surface area contributed by atoms with Gasteiger partial charge >= 0.3 is 0 Å². The van der Waals surface area contributed by atoms with Crippen molar-refractivity contribution in [2.45, 2.75) is 43.4 Å². The monoisotopic (exact) mass is 296 g/mol. The highest BCUT2D eigenvalue weighted by Crippen LogP contribution is 2.38. The van der Waals surface area contributed by atoms with Crippen molar-refractivity contribution in [3.8, 4) is 0 Å². The molecule has 1 saturated heterocycles. The molecule has 0 amide bonds. The van der Waals surface area contributed by atoms with Crippen LogP contribution in [0, 0.1) is 19.8 Å². The molecule has 1 aliphatic heterocycles. The first-order valence-electron chi connectivity index (χ1n) is 6.86. The van der Waals surface area contributed by atoms with Gasteiger partial charge in [0.15, 0.2) is 0 Å². The van der Waals surface area contributed by atoms with Crippen LogP contribution in [0.4, 0.5) is 0 Å². The van der Waals surface area contributed by atoms with E-state index in [0.29, 0.717) is 17.4 Å². The smallest absolute Gasteiger partial charge is 0.240 e. The van der Waals surface area contributed by atoms with Gasteiger partial charge < -0.3 is 10.5 Å². The van der Waals surface area contributed by atoms with Crippen LogP contribution >= 0.6 is 0 Å². The Labute approximate surface area is 119 Å². The molecule has 110 valence electrons. The maximum atomic E-state index is 12.5. The van der Waals surface area contributed by atoms with Gasteiger partial charge in [0, 0.05) is 18.6 Å². The fourth-order valence-corrected chi connectivity index (χ4v) is 4.70. The lowest BCUT2D eigenvalue weighted by molar-refractivity contribution is -0.00924. The number of nitrogens with two attached hydrogens (primary N) is 1. The summed E-state index contributed by atoms with van der Waals surface area (Å²) >= 11 is 0. The highest BCUT2D eigenvalue weighted by molar-refractivity contribution is 7.89. The summed E-state index contributed by atoms with van der Waals surface area (Å²) in [6.07, 6.45) is 0.860. The molecule has 4 unspecified atom stereocenters. The molecule has 1 heterocycles. The summed E-state index contributed by atoms with van der Waals surface area (Å²) in [6.45, 7) is 4.44. The Hall–Kier alpha value is -0.950. The van der Waals surface area contributed by atoms with Crippen molar-refractivity contribution in [3.63, 3.8) is 0 Å². The number of fused-ring (bicyclic) bond motifs is 1. The van der Waals surface area contributed by atoms with Gasteiger partial charge in [-0.25, -0.2) is 13.1 Å². The lowest BCUT2D eigenvalue weighted by Gasteiger charge is -2.45. The van der Waals surface area contributed by atoms with Crippen molar-refractivity contribution in [2.75, 3.05) is 6.61 Å². The van der Waals surface area contributed by atoms with E-state index < -0.39 is 10.0 Å². The molecule has 1 saturated carbocycles. The maximum Gasteiger partial charge on any atom is 0.240 e. The molecular formula is C14H20N2O3S. The molecule has 2 fully saturated rings. The van der Waals surface area contributed by atoms with E-state index in [1.165, 1.54) is 0 Å². The third kappa shape index (κ3) is 2.26. The second-order valence-corrected chi connectivity index (χ2v) is 7.55. The van der Waals surface area contributed by atoms with E-state index in [2.05, 4.69) is 4.72 Å². The second kappa shape index (κ2) is 4.80. The molecule has 2 aliphatic rings. The van der Waals surface area contributed by atoms with Gasteiger partial charge in [-0.15, -0.1) is 0 Å². The summed E-state index contributed by atoms with van der Waals surface area (Å²) in [5.74, 6) is 0.293. The van der Waals surface area contributed by atoms with Crippen LogP contribution in [0.15, 0.2) is 23.1 Å². The van der Waals surface area contributed by atoms with E-state index in [1.54, 1.807) is 12.1 Å². The van der Waals surface area contributed by atoms with Gasteiger partial charge in [0.25, 0.3) is 0 Å². The average Bonchev–Trinajstić information content (AvgIpc) is 2.79. The fourth-order valence-electron chi connectivity index (χ4n) is 3.23. The third-order valence-electron chi connectivity index (χ3n) is 4.24. The van der Waals surface area contributed by atoms with E-state index in [1.807, 2.05) is 19.9 Å². The highest BCUT2D eigenvalue weighted by atomic mass is 32.2. The van der Waals surface area contributed by atoms with E-state index in [0.717, 1.165) is 17.5 Å². The van der Waals surface area contributed by atoms with Crippen LogP contribution in [0.2, 0.25) is 0 Å². The molecule has 0 aromatic heterocycles. The maximum absolute atomic E-state index is 12.5. The number of sulfonamides is 1. The summed E-state index contributed by atoms with van der Waals surface area (Å²) in [4.78, 5) is 0.295. The number of nitrogens with one attached hydrogen (secondary N) is 1. The van der Waals surface area contributed by atoms with Crippen molar-refractivity contribution in [3.05, 3.63) is 29.3 Å². The fraction of sp³-hybridized carbons (Fsp3) is 0.571. The van der Waals surface area contributed by atoms with Gasteiger partial charge in [-0.1, -0.05) is 6.07 Å². The van der Waals surface area contributed by atoms with E-state index in [4.69, 9.17) is 10.5 Å². The molecular weight excluding hydrogens is 276 g/mol. The summed E-state index contributed by atoms with van der Waals surface area (Å²) in [5.41, 5.74) is 7.90. The molecule has 6 heteroatoms. The van der Waals surface area contributed by atoms with Gasteiger partial charge in [-0.2, -0.15) is 0 Å².